The summed E-state index contributed by atoms with van der Waals surface area (Å²) in [4.78, 5) is 23.2. The Hall–Kier alpha value is -3.89. The van der Waals surface area contributed by atoms with Crippen molar-refractivity contribution in [1.29, 1.82) is 5.41 Å². The number of aliphatic hydroxyl groups excluding tert-OH is 2. The van der Waals surface area contributed by atoms with Crippen LogP contribution in [-0.4, -0.2) is 56.1 Å². The van der Waals surface area contributed by atoms with Crippen LogP contribution in [0.5, 0.6) is 5.75 Å². The number of halogens is 1. The van der Waals surface area contributed by atoms with E-state index in [9.17, 15) is 14.3 Å². The lowest BCUT2D eigenvalue weighted by Gasteiger charge is -2.10. The molecule has 0 saturated heterocycles. The number of aryl methyl sites for hydroxylation is 1. The van der Waals surface area contributed by atoms with E-state index < -0.39 is 24.4 Å². The van der Waals surface area contributed by atoms with Crippen molar-refractivity contribution in [3.05, 3.63) is 77.4 Å². The van der Waals surface area contributed by atoms with Crippen molar-refractivity contribution in [2.24, 2.45) is 0 Å². The van der Waals surface area contributed by atoms with E-state index in [4.69, 9.17) is 15.3 Å². The number of amides is 1. The summed E-state index contributed by atoms with van der Waals surface area (Å²) in [6, 6.07) is 8.08. The molecule has 0 spiro atoms. The fourth-order valence-corrected chi connectivity index (χ4v) is 2.70. The number of imidazole rings is 1. The molecule has 0 unspecified atom stereocenters. The number of aromatic nitrogens is 3. The summed E-state index contributed by atoms with van der Waals surface area (Å²) in [7, 11) is 0. The Balaban J connectivity index is 1.67. The lowest BCUT2D eigenvalue weighted by Crippen LogP contribution is -2.21. The maximum absolute atomic E-state index is 13.7. The zero-order valence-electron chi connectivity index (χ0n) is 17.2. The number of nitrogens with zero attached hydrogens (tertiary/aromatic N) is 2. The molecule has 0 radical (unpaired) electrons. The highest BCUT2D eigenvalue weighted by Gasteiger charge is 2.16. The van der Waals surface area contributed by atoms with E-state index in [-0.39, 0.29) is 23.7 Å². The molecule has 9 nitrogen and oxygen atoms in total. The minimum atomic E-state index is -0.985. The van der Waals surface area contributed by atoms with Crippen molar-refractivity contribution in [2.75, 3.05) is 18.5 Å². The van der Waals surface area contributed by atoms with Gasteiger partial charge in [-0.05, 0) is 37.3 Å². The average Bonchev–Trinajstić information content (AvgIpc) is 3.18. The first-order chi connectivity index (χ1) is 15.4. The molecule has 0 bridgehead atoms. The second-order valence-corrected chi connectivity index (χ2v) is 6.83. The van der Waals surface area contributed by atoms with Crippen LogP contribution in [0.15, 0.2) is 48.8 Å². The standard InChI is InChI=1S/C22H22FN5O4/c1-13-21(22(31)27-19-7-8-25-10-17(19)23)28-20(26-13)6-5-18(24)14-3-2-4-16(9-14)32-12-15(30)11-29/h2-10,15,24,29-30H,11-12H2,1H3,(H,26,28)(H,25,27,31)/b6-5-,24-18?/t15-/m1/s1. The molecule has 5 N–H and O–H groups in total. The van der Waals surface area contributed by atoms with Crippen molar-refractivity contribution >= 4 is 23.4 Å². The summed E-state index contributed by atoms with van der Waals surface area (Å²) in [5.41, 5.74) is 1.31. The summed E-state index contributed by atoms with van der Waals surface area (Å²) >= 11 is 0. The van der Waals surface area contributed by atoms with E-state index in [1.807, 2.05) is 0 Å². The van der Waals surface area contributed by atoms with Crippen LogP contribution in [0, 0.1) is 18.2 Å². The number of H-pyrrole nitrogens is 1. The molecule has 3 rings (SSSR count). The summed E-state index contributed by atoms with van der Waals surface area (Å²) in [5, 5.41) is 28.9. The van der Waals surface area contributed by atoms with Crippen LogP contribution in [-0.2, 0) is 0 Å². The van der Waals surface area contributed by atoms with E-state index in [2.05, 4.69) is 20.3 Å². The van der Waals surface area contributed by atoms with E-state index in [0.29, 0.717) is 22.8 Å². The Morgan fingerprint density at radius 1 is 1.41 bits per heavy atom. The first-order valence-electron chi connectivity index (χ1n) is 9.63. The van der Waals surface area contributed by atoms with Crippen LogP contribution in [0.4, 0.5) is 10.1 Å². The summed E-state index contributed by atoms with van der Waals surface area (Å²) in [6.07, 6.45) is 4.43. The second-order valence-electron chi connectivity index (χ2n) is 6.83. The van der Waals surface area contributed by atoms with E-state index in [0.717, 1.165) is 6.20 Å². The molecule has 1 atom stereocenters. The molecule has 0 aliphatic heterocycles. The van der Waals surface area contributed by atoms with Crippen LogP contribution in [0.1, 0.15) is 27.6 Å². The molecule has 3 aromatic rings. The average molecular weight is 439 g/mol. The van der Waals surface area contributed by atoms with Crippen molar-refractivity contribution in [1.82, 2.24) is 15.0 Å². The van der Waals surface area contributed by atoms with Gasteiger partial charge < -0.3 is 30.7 Å². The smallest absolute Gasteiger partial charge is 0.276 e. The van der Waals surface area contributed by atoms with Gasteiger partial charge in [-0.3, -0.25) is 9.78 Å². The normalized spacial score (nSPS) is 12.0. The first kappa shape index (κ1) is 22.8. The number of hydrogen-bond donors (Lipinski definition) is 5. The number of carbonyl (C=O) groups excluding carboxylic acids is 1. The van der Waals surface area contributed by atoms with Crippen molar-refractivity contribution in [2.45, 2.75) is 13.0 Å². The molecule has 0 fully saturated rings. The van der Waals surface area contributed by atoms with Crippen molar-refractivity contribution in [3.63, 3.8) is 0 Å². The number of ether oxygens (including phenoxy) is 1. The molecule has 2 heterocycles. The molecule has 0 aliphatic rings. The van der Waals surface area contributed by atoms with E-state index in [1.54, 1.807) is 37.3 Å². The van der Waals surface area contributed by atoms with Gasteiger partial charge in [0, 0.05) is 17.5 Å². The highest BCUT2D eigenvalue weighted by atomic mass is 19.1. The van der Waals surface area contributed by atoms with Gasteiger partial charge in [0.25, 0.3) is 5.91 Å². The van der Waals surface area contributed by atoms with Gasteiger partial charge in [-0.2, -0.15) is 0 Å². The number of allylic oxidation sites excluding steroid dienone is 1. The van der Waals surface area contributed by atoms with Gasteiger partial charge in [-0.1, -0.05) is 12.1 Å². The predicted molar refractivity (Wildman–Crippen MR) is 116 cm³/mol. The third-order valence-electron chi connectivity index (χ3n) is 4.34. The Kier molecular flexibility index (Phi) is 7.42. The molecule has 2 aromatic heterocycles. The summed E-state index contributed by atoms with van der Waals surface area (Å²) < 4.78 is 19.1. The van der Waals surface area contributed by atoms with Crippen LogP contribution in [0.2, 0.25) is 0 Å². The number of pyridine rings is 1. The number of carbonyl (C=O) groups is 1. The van der Waals surface area contributed by atoms with Gasteiger partial charge >= 0.3 is 0 Å². The second kappa shape index (κ2) is 10.4. The number of aliphatic hydroxyl groups is 2. The predicted octanol–water partition coefficient (Wildman–Crippen LogP) is 2.32. The minimum Gasteiger partial charge on any atom is -0.491 e. The maximum atomic E-state index is 13.7. The van der Waals surface area contributed by atoms with Crippen LogP contribution in [0.25, 0.3) is 6.08 Å². The molecule has 0 saturated carbocycles. The summed E-state index contributed by atoms with van der Waals surface area (Å²) in [6.45, 7) is 1.19. The monoisotopic (exact) mass is 439 g/mol. The molecular weight excluding hydrogens is 417 g/mol. The molecule has 1 amide bonds. The largest absolute Gasteiger partial charge is 0.491 e. The lowest BCUT2D eigenvalue weighted by atomic mass is 10.1. The molecule has 166 valence electrons. The summed E-state index contributed by atoms with van der Waals surface area (Å²) in [5.74, 6) is -0.427. The highest BCUT2D eigenvalue weighted by molar-refractivity contribution is 6.09. The lowest BCUT2D eigenvalue weighted by molar-refractivity contribution is 0.0536. The number of rotatable bonds is 9. The minimum absolute atomic E-state index is 0.000113. The van der Waals surface area contributed by atoms with E-state index >= 15 is 0 Å². The molecular formula is C22H22FN5O4. The van der Waals surface area contributed by atoms with Gasteiger partial charge in [0.1, 0.15) is 30.0 Å². The number of hydrogen-bond acceptors (Lipinski definition) is 7. The molecule has 32 heavy (non-hydrogen) atoms. The van der Waals surface area contributed by atoms with Gasteiger partial charge in [-0.15, -0.1) is 0 Å². The van der Waals surface area contributed by atoms with Gasteiger partial charge in [-0.25, -0.2) is 9.37 Å². The Bertz CT molecular complexity index is 1140. The highest BCUT2D eigenvalue weighted by Crippen LogP contribution is 2.16. The maximum Gasteiger partial charge on any atom is 0.276 e. The van der Waals surface area contributed by atoms with Crippen LogP contribution in [0.3, 0.4) is 0 Å². The number of benzene rings is 1. The number of anilines is 1. The van der Waals surface area contributed by atoms with Gasteiger partial charge in [0.05, 0.1) is 24.2 Å². The topological polar surface area (TPSA) is 144 Å². The Morgan fingerprint density at radius 3 is 2.97 bits per heavy atom. The van der Waals surface area contributed by atoms with E-state index in [1.165, 1.54) is 18.3 Å². The van der Waals surface area contributed by atoms with Gasteiger partial charge in [0.15, 0.2) is 5.82 Å². The fourth-order valence-electron chi connectivity index (χ4n) is 2.70. The third-order valence-corrected chi connectivity index (χ3v) is 4.34. The number of aromatic amines is 1. The molecule has 1 aromatic carbocycles. The zero-order chi connectivity index (χ0) is 23.1. The van der Waals surface area contributed by atoms with Crippen LogP contribution >= 0.6 is 0 Å². The van der Waals surface area contributed by atoms with Crippen LogP contribution < -0.4 is 10.1 Å². The Labute approximate surface area is 183 Å². The quantitative estimate of drug-likeness (QED) is 0.324. The van der Waals surface area contributed by atoms with Gasteiger partial charge in [0.2, 0.25) is 0 Å². The third kappa shape index (κ3) is 5.84. The van der Waals surface area contributed by atoms with Crippen molar-refractivity contribution < 1.29 is 24.1 Å². The Morgan fingerprint density at radius 2 is 2.22 bits per heavy atom. The zero-order valence-corrected chi connectivity index (χ0v) is 17.2. The first-order valence-corrected chi connectivity index (χ1v) is 9.63. The van der Waals surface area contributed by atoms with Crippen molar-refractivity contribution in [3.8, 4) is 5.75 Å². The molecule has 10 heteroatoms. The molecule has 0 aliphatic carbocycles. The SMILES string of the molecule is Cc1[nH]c(/C=C\C(=N)c2cccc(OC[C@H](O)CO)c2)nc1C(=O)Nc1ccncc1F. The fraction of sp³-hybridized carbons (Fsp3) is 0.182. The number of nitrogens with one attached hydrogen (secondary N) is 3.